The number of rotatable bonds is 5. The molecule has 13 heteroatoms. The van der Waals surface area contributed by atoms with Crippen LogP contribution >= 0.6 is 22.1 Å². The Hall–Kier alpha value is -1.80. The molecule has 3 N–H and O–H groups in total. The van der Waals surface area contributed by atoms with E-state index in [0.717, 1.165) is 17.6 Å². The number of nitrogens with two attached hydrogens (primary N) is 1. The number of para-hydroxylation sites is 1. The molecule has 1 heterocycles. The zero-order valence-corrected chi connectivity index (χ0v) is 19.6. The van der Waals surface area contributed by atoms with Crippen LogP contribution in [0.3, 0.4) is 0 Å². The molecule has 8 nitrogen and oxygen atoms in total. The number of sulfonamides is 1. The van der Waals surface area contributed by atoms with Crippen LogP contribution in [0.25, 0.3) is 0 Å². The van der Waals surface area contributed by atoms with Crippen LogP contribution in [0.5, 0.6) is 0 Å². The van der Waals surface area contributed by atoms with Crippen LogP contribution in [0, 0.1) is 5.41 Å². The molecule has 2 aromatic carbocycles. The van der Waals surface area contributed by atoms with Crippen molar-refractivity contribution in [2.24, 2.45) is 19.9 Å². The molecule has 0 radical (unpaired) electrons. The van der Waals surface area contributed by atoms with E-state index in [2.05, 4.69) is 39.7 Å². The number of nitrogens with one attached hydrogen (secondary N) is 1. The van der Waals surface area contributed by atoms with Crippen molar-refractivity contribution < 1.29 is 23.3 Å². The first kappa shape index (κ1) is 24.5. The molecule has 1 aliphatic heterocycles. The number of hydrazone groups is 1. The third kappa shape index (κ3) is 6.10. The van der Waals surface area contributed by atoms with Gasteiger partial charge >= 0.3 is 25.0 Å². The second kappa shape index (κ2) is 11.0. The Labute approximate surface area is 196 Å². The van der Waals surface area contributed by atoms with Crippen molar-refractivity contribution in [3.63, 3.8) is 0 Å². The maximum atomic E-state index is 11.2. The number of primary sulfonamides is 1. The first-order valence-corrected chi connectivity index (χ1v) is 12.2. The van der Waals surface area contributed by atoms with Gasteiger partial charge in [-0.25, -0.2) is 18.6 Å². The molecule has 30 heavy (non-hydrogen) atoms. The molecule has 1 aliphatic rings. The molecule has 0 bridgehead atoms. The molecule has 159 valence electrons. The van der Waals surface area contributed by atoms with Crippen LogP contribution in [0.15, 0.2) is 84.0 Å². The average Bonchev–Trinajstić information content (AvgIpc) is 3.04. The van der Waals surface area contributed by atoms with Gasteiger partial charge in [-0.05, 0) is 43.3 Å². The van der Waals surface area contributed by atoms with Crippen LogP contribution in [0.2, 0.25) is 0 Å². The topological polar surface area (TPSA) is 124 Å². The second-order valence-corrected chi connectivity index (χ2v) is 8.64. The summed E-state index contributed by atoms with van der Waals surface area (Å²) in [4.78, 5) is -0.00239. The summed E-state index contributed by atoms with van der Waals surface area (Å²) in [5, 5.41) is 23.3. The van der Waals surface area contributed by atoms with Crippen LogP contribution in [0.4, 0.5) is 11.4 Å². The summed E-state index contributed by atoms with van der Waals surface area (Å²) in [6, 6.07) is 15.0. The summed E-state index contributed by atoms with van der Waals surface area (Å²) in [6.07, 6.45) is 0. The van der Waals surface area contributed by atoms with Gasteiger partial charge < -0.3 is 12.6 Å². The van der Waals surface area contributed by atoms with E-state index in [1.165, 1.54) is 29.3 Å². The van der Waals surface area contributed by atoms with E-state index < -0.39 is 10.0 Å². The van der Waals surface area contributed by atoms with Gasteiger partial charge in [0, 0.05) is 17.5 Å². The Bertz CT molecular complexity index is 1110. The number of hydrogen-bond acceptors (Lipinski definition) is 8. The van der Waals surface area contributed by atoms with Gasteiger partial charge in [0.1, 0.15) is 0 Å². The summed E-state index contributed by atoms with van der Waals surface area (Å²) >= 11 is 9.36. The van der Waals surface area contributed by atoms with Crippen molar-refractivity contribution in [3.05, 3.63) is 64.4 Å². The van der Waals surface area contributed by atoms with Crippen molar-refractivity contribution in [3.8, 4) is 0 Å². The molecule has 3 rings (SSSR count). The molecule has 0 aliphatic carbocycles. The quantitative estimate of drug-likeness (QED) is 0.340. The Balaban J connectivity index is 0.00000155. The molecule has 0 saturated carbocycles. The number of nitrogens with zero attached hydrogens (tertiary/aromatic N) is 4. The minimum atomic E-state index is -3.75. The fourth-order valence-electron chi connectivity index (χ4n) is 2.38. The van der Waals surface area contributed by atoms with E-state index in [-0.39, 0.29) is 10.7 Å². The van der Waals surface area contributed by atoms with Crippen LogP contribution in [-0.2, 0) is 37.5 Å². The van der Waals surface area contributed by atoms with Gasteiger partial charge in [0.15, 0.2) is 5.84 Å². The summed E-state index contributed by atoms with van der Waals surface area (Å²) in [5.41, 5.74) is 2.36. The van der Waals surface area contributed by atoms with Crippen molar-refractivity contribution in [1.29, 1.82) is 5.41 Å². The SMILES string of the molecule is CC1=NN(c2ccccc2)C(=N)/C1=C(/[S-])SN=Nc1ccc(S(N)(=O)=O)cc1.[Cl][Co+]. The molecule has 2 aromatic rings. The Morgan fingerprint density at radius 3 is 2.37 bits per heavy atom. The predicted octanol–water partition coefficient (Wildman–Crippen LogP) is 4.38. The minimum absolute atomic E-state index is 0.00239. The first-order valence-electron chi connectivity index (χ1n) is 8.02. The molecule has 0 fully saturated rings. The summed E-state index contributed by atoms with van der Waals surface area (Å²) in [5.74, 6) is 0.175. The molecule has 0 unspecified atom stereocenters. The number of benzene rings is 2. The normalized spacial score (nSPS) is 15.7. The average molecular weight is 526 g/mol. The van der Waals surface area contributed by atoms with Crippen molar-refractivity contribution in [2.45, 2.75) is 11.8 Å². The number of halogens is 1. The van der Waals surface area contributed by atoms with E-state index in [1.807, 2.05) is 30.3 Å². The predicted molar refractivity (Wildman–Crippen MR) is 120 cm³/mol. The third-order valence-corrected chi connectivity index (χ3v) is 5.60. The monoisotopic (exact) mass is 525 g/mol. The van der Waals surface area contributed by atoms with Crippen molar-refractivity contribution in [1.82, 2.24) is 0 Å². The molecule has 0 amide bonds. The fourth-order valence-corrected chi connectivity index (χ4v) is 3.79. The molecular weight excluding hydrogens is 511 g/mol. The Morgan fingerprint density at radius 1 is 1.20 bits per heavy atom. The van der Waals surface area contributed by atoms with Crippen molar-refractivity contribution in [2.75, 3.05) is 5.01 Å². The standard InChI is InChI=1S/C17H16N6O2S3.ClH.Co/c1-11-15(16(18)23(21-11)13-5-3-2-4-6-13)17(26)27-22-20-12-7-9-14(10-8-12)28(19,24)25;;/h2-10,18,26H,1H3,(H2,19,24,25);1H;/q;;+2/p-2/b17-15-,18-16?,22-20?;;. The van der Waals surface area contributed by atoms with Gasteiger partial charge in [-0.3, -0.25) is 5.41 Å². The number of hydrogen-bond donors (Lipinski definition) is 2. The summed E-state index contributed by atoms with van der Waals surface area (Å²) in [7, 11) is 0.578. The first-order chi connectivity index (χ1) is 14.3. The van der Waals surface area contributed by atoms with Crippen LogP contribution in [0.1, 0.15) is 6.92 Å². The Kier molecular flexibility index (Phi) is 8.97. The van der Waals surface area contributed by atoms with Gasteiger partial charge in [0.2, 0.25) is 10.0 Å². The molecule has 0 spiro atoms. The zero-order chi connectivity index (χ0) is 22.3. The van der Waals surface area contributed by atoms with Gasteiger partial charge in [0.05, 0.1) is 22.0 Å². The van der Waals surface area contributed by atoms with E-state index in [0.29, 0.717) is 21.2 Å². The fraction of sp³-hybridized carbons (Fsp3) is 0.0588. The Morgan fingerprint density at radius 2 is 1.80 bits per heavy atom. The van der Waals surface area contributed by atoms with E-state index in [4.69, 9.17) is 23.2 Å². The van der Waals surface area contributed by atoms with Crippen LogP contribution in [-0.4, -0.2) is 20.0 Å². The second-order valence-electron chi connectivity index (χ2n) is 5.66. The van der Waals surface area contributed by atoms with Crippen molar-refractivity contribution >= 4 is 67.7 Å². The number of amidine groups is 1. The summed E-state index contributed by atoms with van der Waals surface area (Å²) < 4.78 is 26.8. The van der Waals surface area contributed by atoms with Crippen LogP contribution < -0.4 is 10.1 Å². The van der Waals surface area contributed by atoms with E-state index in [1.54, 1.807) is 6.92 Å². The van der Waals surface area contributed by atoms with Gasteiger partial charge in [0.25, 0.3) is 0 Å². The zero-order valence-electron chi connectivity index (χ0n) is 15.3. The maximum absolute atomic E-state index is 11.2. The molecule has 0 atom stereocenters. The summed E-state index contributed by atoms with van der Waals surface area (Å²) in [6.45, 7) is 1.78. The van der Waals surface area contributed by atoms with E-state index >= 15 is 0 Å². The molecule has 0 saturated heterocycles. The third-order valence-electron chi connectivity index (χ3n) is 3.71. The van der Waals surface area contributed by atoms with Gasteiger partial charge in [-0.15, -0.1) is 13.9 Å². The molecule has 0 aromatic heterocycles. The van der Waals surface area contributed by atoms with Gasteiger partial charge in [-0.2, -0.15) is 5.10 Å². The molecular formula is C17H15ClCoN6O2S3. The number of anilines is 1. The van der Waals surface area contributed by atoms with Gasteiger partial charge in [-0.1, -0.05) is 18.2 Å². The van der Waals surface area contributed by atoms with E-state index in [9.17, 15) is 8.42 Å².